The van der Waals surface area contributed by atoms with Crippen molar-refractivity contribution in [1.82, 2.24) is 14.6 Å². The summed E-state index contributed by atoms with van der Waals surface area (Å²) in [5.74, 6) is 0. The summed E-state index contributed by atoms with van der Waals surface area (Å²) < 4.78 is 27.5. The van der Waals surface area contributed by atoms with Crippen molar-refractivity contribution in [1.29, 1.82) is 0 Å². The van der Waals surface area contributed by atoms with Crippen molar-refractivity contribution in [2.24, 2.45) is 0 Å². The van der Waals surface area contributed by atoms with Crippen LogP contribution in [0.3, 0.4) is 0 Å². The first-order valence-electron chi connectivity index (χ1n) is 7.36. The Morgan fingerprint density at radius 1 is 1.30 bits per heavy atom. The number of nitrogens with zero attached hydrogens (tertiary/aromatic N) is 2. The van der Waals surface area contributed by atoms with E-state index in [1.165, 1.54) is 18.3 Å². The fourth-order valence-electron chi connectivity index (χ4n) is 2.35. The van der Waals surface area contributed by atoms with Gasteiger partial charge in [-0.3, -0.25) is 4.90 Å². The van der Waals surface area contributed by atoms with E-state index in [4.69, 9.17) is 11.6 Å². The average molecular weight is 374 g/mol. The maximum Gasteiger partial charge on any atom is 0.242 e. The van der Waals surface area contributed by atoms with Crippen LogP contribution in [-0.4, -0.2) is 37.9 Å². The summed E-state index contributed by atoms with van der Waals surface area (Å²) in [7, 11) is -3.61. The zero-order chi connectivity index (χ0) is 16.9. The lowest BCUT2D eigenvalue weighted by molar-refractivity contribution is 0.223. The number of pyridine rings is 1. The molecule has 0 aliphatic heterocycles. The monoisotopic (exact) mass is 373 g/mol. The largest absolute Gasteiger partial charge is 0.295 e. The van der Waals surface area contributed by atoms with Gasteiger partial charge in [-0.25, -0.2) is 18.1 Å². The number of sulfonamides is 1. The van der Waals surface area contributed by atoms with Gasteiger partial charge in [0.15, 0.2) is 0 Å². The molecule has 126 valence electrons. The van der Waals surface area contributed by atoms with Crippen LogP contribution in [0.25, 0.3) is 0 Å². The topological polar surface area (TPSA) is 62.3 Å². The Kier molecular flexibility index (Phi) is 6.55. The number of hydrogen-bond acceptors (Lipinski definition) is 5. The highest BCUT2D eigenvalue weighted by atomic mass is 35.5. The molecule has 0 amide bonds. The van der Waals surface area contributed by atoms with Crippen molar-refractivity contribution in [3.05, 3.63) is 45.9 Å². The zero-order valence-electron chi connectivity index (χ0n) is 13.1. The first-order chi connectivity index (χ1) is 11.0. The second kappa shape index (κ2) is 8.21. The number of hydrogen-bond donors (Lipinski definition) is 1. The lowest BCUT2D eigenvalue weighted by Gasteiger charge is -2.29. The SMILES string of the molecule is CCN(CC)C(CNS(=O)(=O)c1ccc(Cl)nc1)c1cccs1. The molecular formula is C15H20ClN3O2S2. The standard InChI is InChI=1S/C15H20ClN3O2S2/c1-3-19(4-2)13(14-6-5-9-22-14)11-18-23(20,21)12-7-8-15(16)17-10-12/h5-10,13,18H,3-4,11H2,1-2H3. The minimum absolute atomic E-state index is 0.0139. The Hall–Kier alpha value is -0.990. The molecule has 1 unspecified atom stereocenters. The summed E-state index contributed by atoms with van der Waals surface area (Å²) in [6.45, 7) is 6.16. The number of aromatic nitrogens is 1. The van der Waals surface area contributed by atoms with E-state index in [0.717, 1.165) is 18.0 Å². The quantitative estimate of drug-likeness (QED) is 0.722. The van der Waals surface area contributed by atoms with E-state index in [9.17, 15) is 8.42 Å². The molecule has 0 saturated carbocycles. The molecule has 1 N–H and O–H groups in total. The summed E-state index contributed by atoms with van der Waals surface area (Å²) in [5.41, 5.74) is 0. The highest BCUT2D eigenvalue weighted by molar-refractivity contribution is 7.89. The first kappa shape index (κ1) is 18.4. The van der Waals surface area contributed by atoms with Crippen LogP contribution in [0.1, 0.15) is 24.8 Å². The minimum Gasteiger partial charge on any atom is -0.295 e. The average Bonchev–Trinajstić information content (AvgIpc) is 3.06. The molecule has 8 heteroatoms. The van der Waals surface area contributed by atoms with Gasteiger partial charge in [0.2, 0.25) is 10.0 Å². The third-order valence-electron chi connectivity index (χ3n) is 3.60. The van der Waals surface area contributed by atoms with E-state index < -0.39 is 10.0 Å². The fourth-order valence-corrected chi connectivity index (χ4v) is 4.30. The molecule has 0 saturated heterocycles. The van der Waals surface area contributed by atoms with Crippen molar-refractivity contribution in [2.75, 3.05) is 19.6 Å². The van der Waals surface area contributed by atoms with Crippen molar-refractivity contribution in [3.63, 3.8) is 0 Å². The number of likely N-dealkylation sites (N-methyl/N-ethyl adjacent to an activating group) is 1. The van der Waals surface area contributed by atoms with Gasteiger partial charge in [-0.15, -0.1) is 11.3 Å². The number of nitrogens with one attached hydrogen (secondary N) is 1. The molecule has 0 bridgehead atoms. The van der Waals surface area contributed by atoms with E-state index in [1.54, 1.807) is 11.3 Å². The van der Waals surface area contributed by atoms with Crippen LogP contribution in [0.4, 0.5) is 0 Å². The van der Waals surface area contributed by atoms with Crippen molar-refractivity contribution < 1.29 is 8.42 Å². The molecule has 0 aliphatic carbocycles. The number of rotatable bonds is 8. The molecular weight excluding hydrogens is 354 g/mol. The Bertz CT molecular complexity index is 699. The van der Waals surface area contributed by atoms with E-state index in [2.05, 4.69) is 28.5 Å². The molecule has 0 aliphatic rings. The molecule has 0 spiro atoms. The summed E-state index contributed by atoms with van der Waals surface area (Å²) in [4.78, 5) is 7.32. The zero-order valence-corrected chi connectivity index (χ0v) is 15.5. The Balaban J connectivity index is 2.16. The molecule has 0 fully saturated rings. The Morgan fingerprint density at radius 3 is 2.57 bits per heavy atom. The Morgan fingerprint density at radius 2 is 2.04 bits per heavy atom. The summed E-state index contributed by atoms with van der Waals surface area (Å²) in [6, 6.07) is 6.95. The summed E-state index contributed by atoms with van der Waals surface area (Å²) in [5, 5.41) is 2.27. The van der Waals surface area contributed by atoms with Gasteiger partial charge in [0, 0.05) is 17.6 Å². The third-order valence-corrected chi connectivity index (χ3v) is 6.21. The van der Waals surface area contributed by atoms with Crippen molar-refractivity contribution in [3.8, 4) is 0 Å². The molecule has 2 aromatic heterocycles. The first-order valence-corrected chi connectivity index (χ1v) is 10.1. The van der Waals surface area contributed by atoms with Crippen molar-refractivity contribution in [2.45, 2.75) is 24.8 Å². The molecule has 2 aromatic rings. The van der Waals surface area contributed by atoms with Gasteiger partial charge in [-0.2, -0.15) is 0 Å². The molecule has 2 rings (SSSR count). The normalized spacial score (nSPS) is 13.4. The van der Waals surface area contributed by atoms with Crippen molar-refractivity contribution >= 4 is 33.0 Å². The molecule has 5 nitrogen and oxygen atoms in total. The van der Waals surface area contributed by atoms with E-state index >= 15 is 0 Å². The summed E-state index contributed by atoms with van der Waals surface area (Å²) in [6.07, 6.45) is 1.27. The predicted octanol–water partition coefficient (Wildman–Crippen LogP) is 3.16. The number of halogens is 1. The van der Waals surface area contributed by atoms with E-state index in [0.29, 0.717) is 6.54 Å². The van der Waals surface area contributed by atoms with Gasteiger partial charge in [0.05, 0.1) is 6.04 Å². The van der Waals surface area contributed by atoms with Crippen LogP contribution in [0.2, 0.25) is 5.15 Å². The second-order valence-electron chi connectivity index (χ2n) is 4.92. The molecule has 2 heterocycles. The van der Waals surface area contributed by atoms with Gasteiger partial charge in [-0.05, 0) is 36.7 Å². The Labute approximate surface area is 146 Å². The molecule has 0 aromatic carbocycles. The maximum absolute atomic E-state index is 12.4. The maximum atomic E-state index is 12.4. The van der Waals surface area contributed by atoms with Gasteiger partial charge in [0.1, 0.15) is 10.0 Å². The van der Waals surface area contributed by atoms with Crippen LogP contribution in [-0.2, 0) is 10.0 Å². The lowest BCUT2D eigenvalue weighted by Crippen LogP contribution is -2.37. The number of thiophene rings is 1. The smallest absolute Gasteiger partial charge is 0.242 e. The summed E-state index contributed by atoms with van der Waals surface area (Å²) >= 11 is 7.34. The predicted molar refractivity (Wildman–Crippen MR) is 94.4 cm³/mol. The van der Waals surface area contributed by atoms with Crippen LogP contribution in [0.5, 0.6) is 0 Å². The fraction of sp³-hybridized carbons (Fsp3) is 0.400. The van der Waals surface area contributed by atoms with Crippen LogP contribution in [0.15, 0.2) is 40.7 Å². The van der Waals surface area contributed by atoms with E-state index in [-0.39, 0.29) is 16.1 Å². The van der Waals surface area contributed by atoms with Crippen LogP contribution < -0.4 is 4.72 Å². The van der Waals surface area contributed by atoms with Crippen LogP contribution in [0, 0.1) is 0 Å². The highest BCUT2D eigenvalue weighted by Crippen LogP contribution is 2.25. The van der Waals surface area contributed by atoms with Crippen LogP contribution >= 0.6 is 22.9 Å². The van der Waals surface area contributed by atoms with E-state index in [1.807, 2.05) is 17.5 Å². The van der Waals surface area contributed by atoms with Gasteiger partial charge in [-0.1, -0.05) is 31.5 Å². The van der Waals surface area contributed by atoms with Gasteiger partial charge < -0.3 is 0 Å². The van der Waals surface area contributed by atoms with Gasteiger partial charge >= 0.3 is 0 Å². The lowest BCUT2D eigenvalue weighted by atomic mass is 10.2. The molecule has 23 heavy (non-hydrogen) atoms. The second-order valence-corrected chi connectivity index (χ2v) is 8.05. The highest BCUT2D eigenvalue weighted by Gasteiger charge is 2.22. The molecule has 0 radical (unpaired) electrons. The van der Waals surface area contributed by atoms with Gasteiger partial charge in [0.25, 0.3) is 0 Å². The molecule has 1 atom stereocenters. The third kappa shape index (κ3) is 4.74. The minimum atomic E-state index is -3.61.